The molecule has 0 aromatic carbocycles. The quantitative estimate of drug-likeness (QED) is 0.738. The van der Waals surface area contributed by atoms with Gasteiger partial charge < -0.3 is 10.1 Å². The summed E-state index contributed by atoms with van der Waals surface area (Å²) in [6.07, 6.45) is 0. The normalized spacial score (nSPS) is 14.6. The minimum Gasteiger partial charge on any atom is -0.484 e. The van der Waals surface area contributed by atoms with Crippen molar-refractivity contribution in [3.8, 4) is 5.75 Å². The van der Waals surface area contributed by atoms with E-state index < -0.39 is 0 Å². The Morgan fingerprint density at radius 3 is 3.00 bits per heavy atom. The number of nitrogens with zero attached hydrogens (tertiary/aromatic N) is 1. The lowest BCUT2D eigenvalue weighted by Crippen LogP contribution is -2.16. The van der Waals surface area contributed by atoms with E-state index in [1.807, 2.05) is 12.1 Å². The molecule has 0 aliphatic carbocycles. The predicted molar refractivity (Wildman–Crippen MR) is 56.6 cm³/mol. The van der Waals surface area contributed by atoms with Crippen molar-refractivity contribution in [2.24, 2.45) is 0 Å². The monoisotopic (exact) mass is 190 g/mol. The van der Waals surface area contributed by atoms with Crippen molar-refractivity contribution in [3.63, 3.8) is 0 Å². The van der Waals surface area contributed by atoms with Crippen LogP contribution >= 0.6 is 0 Å². The summed E-state index contributed by atoms with van der Waals surface area (Å²) in [5, 5.41) is 3.12. The number of hydrogen-bond donors (Lipinski definition) is 1. The van der Waals surface area contributed by atoms with Gasteiger partial charge in [-0.15, -0.1) is 0 Å². The zero-order valence-electron chi connectivity index (χ0n) is 8.50. The third kappa shape index (κ3) is 1.58. The second kappa shape index (κ2) is 3.33. The van der Waals surface area contributed by atoms with Gasteiger partial charge in [-0.05, 0) is 18.1 Å². The molecule has 0 spiro atoms. The van der Waals surface area contributed by atoms with Crippen molar-refractivity contribution in [2.75, 3.05) is 11.9 Å². The van der Waals surface area contributed by atoms with E-state index in [2.05, 4.69) is 30.7 Å². The summed E-state index contributed by atoms with van der Waals surface area (Å²) >= 11 is 0. The van der Waals surface area contributed by atoms with Crippen LogP contribution in [-0.2, 0) is 0 Å². The van der Waals surface area contributed by atoms with E-state index in [1.165, 1.54) is 0 Å². The molecule has 0 saturated heterocycles. The highest BCUT2D eigenvalue weighted by Crippen LogP contribution is 2.29. The fourth-order valence-electron chi connectivity index (χ4n) is 1.36. The zero-order chi connectivity index (χ0) is 10.1. The van der Waals surface area contributed by atoms with Gasteiger partial charge in [0.1, 0.15) is 6.61 Å². The third-order valence-corrected chi connectivity index (χ3v) is 2.17. The van der Waals surface area contributed by atoms with Gasteiger partial charge >= 0.3 is 0 Å². The molecule has 1 aromatic heterocycles. The van der Waals surface area contributed by atoms with Gasteiger partial charge in [0.25, 0.3) is 0 Å². The van der Waals surface area contributed by atoms with Crippen LogP contribution in [-0.4, -0.2) is 11.6 Å². The molecule has 0 saturated carbocycles. The minimum atomic E-state index is 0.428. The molecule has 0 bridgehead atoms. The average Bonchev–Trinajstić information content (AvgIpc) is 2.16. The average molecular weight is 190 g/mol. The van der Waals surface area contributed by atoms with Gasteiger partial charge in [0.05, 0.1) is 0 Å². The number of pyridine rings is 1. The molecule has 3 heteroatoms. The highest BCUT2D eigenvalue weighted by atomic mass is 16.5. The number of hydrogen-bond acceptors (Lipinski definition) is 3. The number of fused-ring (bicyclic) bond motifs is 1. The number of rotatable bonds is 1. The van der Waals surface area contributed by atoms with Gasteiger partial charge in [-0.2, -0.15) is 0 Å². The summed E-state index contributed by atoms with van der Waals surface area (Å²) in [4.78, 5) is 4.47. The lowest BCUT2D eigenvalue weighted by molar-refractivity contribution is 0.344. The van der Waals surface area contributed by atoms with E-state index in [-0.39, 0.29) is 0 Å². The Morgan fingerprint density at radius 1 is 1.50 bits per heavy atom. The largest absolute Gasteiger partial charge is 0.484 e. The van der Waals surface area contributed by atoms with Gasteiger partial charge in [0.15, 0.2) is 11.6 Å². The fraction of sp³-hybridized carbons (Fsp3) is 0.364. The summed E-state index contributed by atoms with van der Waals surface area (Å²) in [6.45, 7) is 8.57. The highest BCUT2D eigenvalue weighted by Gasteiger charge is 2.14. The van der Waals surface area contributed by atoms with Crippen molar-refractivity contribution < 1.29 is 4.74 Å². The molecular formula is C11H14N2O. The SMILES string of the molecule is C=C1COc2ccc(C(C)C)nc2N1. The van der Waals surface area contributed by atoms with Crippen molar-refractivity contribution in [2.45, 2.75) is 19.8 Å². The Labute approximate surface area is 83.8 Å². The lowest BCUT2D eigenvalue weighted by atomic mass is 10.1. The summed E-state index contributed by atoms with van der Waals surface area (Å²) < 4.78 is 5.45. The van der Waals surface area contributed by atoms with Crippen LogP contribution < -0.4 is 10.1 Å². The number of aromatic nitrogens is 1. The molecule has 0 radical (unpaired) electrons. The maximum atomic E-state index is 5.45. The summed E-state index contributed by atoms with van der Waals surface area (Å²) in [5.74, 6) is 2.02. The van der Waals surface area contributed by atoms with E-state index >= 15 is 0 Å². The van der Waals surface area contributed by atoms with Gasteiger partial charge in [0, 0.05) is 11.4 Å². The van der Waals surface area contributed by atoms with E-state index in [0.717, 1.165) is 23.0 Å². The molecule has 0 fully saturated rings. The Hall–Kier alpha value is -1.51. The van der Waals surface area contributed by atoms with E-state index in [4.69, 9.17) is 4.74 Å². The molecule has 3 nitrogen and oxygen atoms in total. The smallest absolute Gasteiger partial charge is 0.173 e. The zero-order valence-corrected chi connectivity index (χ0v) is 8.50. The van der Waals surface area contributed by atoms with Gasteiger partial charge in [0.2, 0.25) is 0 Å². The molecule has 0 unspecified atom stereocenters. The molecule has 14 heavy (non-hydrogen) atoms. The fourth-order valence-corrected chi connectivity index (χ4v) is 1.36. The van der Waals surface area contributed by atoms with Crippen molar-refractivity contribution >= 4 is 5.82 Å². The first kappa shape index (κ1) is 9.06. The van der Waals surface area contributed by atoms with Gasteiger partial charge in [-0.3, -0.25) is 0 Å². The van der Waals surface area contributed by atoms with E-state index in [1.54, 1.807) is 0 Å². The van der Waals surface area contributed by atoms with Crippen molar-refractivity contribution in [3.05, 3.63) is 30.1 Å². The van der Waals surface area contributed by atoms with Crippen LogP contribution in [0.1, 0.15) is 25.5 Å². The first-order valence-corrected chi connectivity index (χ1v) is 4.75. The molecule has 74 valence electrons. The second-order valence-corrected chi connectivity index (χ2v) is 3.75. The highest BCUT2D eigenvalue weighted by molar-refractivity contribution is 5.56. The Bertz CT molecular complexity index is 372. The lowest BCUT2D eigenvalue weighted by Gasteiger charge is -2.20. The van der Waals surface area contributed by atoms with E-state index in [9.17, 15) is 0 Å². The van der Waals surface area contributed by atoms with Crippen molar-refractivity contribution in [1.82, 2.24) is 4.98 Å². The number of ether oxygens (including phenoxy) is 1. The molecule has 1 N–H and O–H groups in total. The Kier molecular flexibility index (Phi) is 2.15. The molecule has 1 aliphatic rings. The predicted octanol–water partition coefficient (Wildman–Crippen LogP) is 2.52. The Balaban J connectivity index is 2.37. The first-order chi connectivity index (χ1) is 6.66. The molecule has 2 rings (SSSR count). The Morgan fingerprint density at radius 2 is 2.29 bits per heavy atom. The molecule has 1 aliphatic heterocycles. The molecular weight excluding hydrogens is 176 g/mol. The van der Waals surface area contributed by atoms with Crippen LogP contribution in [0.3, 0.4) is 0 Å². The minimum absolute atomic E-state index is 0.428. The van der Waals surface area contributed by atoms with Gasteiger partial charge in [-0.1, -0.05) is 20.4 Å². The van der Waals surface area contributed by atoms with Crippen LogP contribution in [0, 0.1) is 0 Å². The topological polar surface area (TPSA) is 34.1 Å². The standard InChI is InChI=1S/C11H14N2O/c1-7(2)9-4-5-10-11(13-9)12-8(3)6-14-10/h4-5,7H,3,6H2,1-2H3,(H,12,13). The first-order valence-electron chi connectivity index (χ1n) is 4.75. The van der Waals surface area contributed by atoms with Crippen LogP contribution in [0.15, 0.2) is 24.4 Å². The van der Waals surface area contributed by atoms with Crippen LogP contribution in [0.25, 0.3) is 0 Å². The number of anilines is 1. The molecule has 0 amide bonds. The van der Waals surface area contributed by atoms with Gasteiger partial charge in [-0.25, -0.2) is 4.98 Å². The summed E-state index contributed by atoms with van der Waals surface area (Å²) in [7, 11) is 0. The van der Waals surface area contributed by atoms with E-state index in [0.29, 0.717) is 12.5 Å². The maximum absolute atomic E-state index is 5.45. The third-order valence-electron chi connectivity index (χ3n) is 2.17. The summed E-state index contributed by atoms with van der Waals surface area (Å²) in [5.41, 5.74) is 1.92. The molecule has 0 atom stereocenters. The summed E-state index contributed by atoms with van der Waals surface area (Å²) in [6, 6.07) is 3.95. The second-order valence-electron chi connectivity index (χ2n) is 3.75. The molecule has 2 heterocycles. The van der Waals surface area contributed by atoms with Crippen LogP contribution in [0.4, 0.5) is 5.82 Å². The molecule has 1 aromatic rings. The van der Waals surface area contributed by atoms with Crippen LogP contribution in [0.5, 0.6) is 5.75 Å². The van der Waals surface area contributed by atoms with Crippen LogP contribution in [0.2, 0.25) is 0 Å². The maximum Gasteiger partial charge on any atom is 0.173 e. The van der Waals surface area contributed by atoms with Crippen molar-refractivity contribution in [1.29, 1.82) is 0 Å². The number of nitrogens with one attached hydrogen (secondary N) is 1.